The van der Waals surface area contributed by atoms with Crippen LogP contribution in [0.4, 0.5) is 0 Å². The van der Waals surface area contributed by atoms with E-state index in [1.54, 1.807) is 12.1 Å². The SMILES string of the molecule is CCCc1ccccc1C(=O)OC[C@@H](O)[C@@H](O)[C@H](O)[C@@H](O)CO. The quantitative estimate of drug-likeness (QED) is 0.377. The van der Waals surface area contributed by atoms with Crippen LogP contribution in [-0.2, 0) is 11.2 Å². The molecule has 1 rings (SSSR count). The van der Waals surface area contributed by atoms with Crippen molar-refractivity contribution in [1.29, 1.82) is 0 Å². The summed E-state index contributed by atoms with van der Waals surface area (Å²) in [4.78, 5) is 12.1. The summed E-state index contributed by atoms with van der Waals surface area (Å²) in [6, 6.07) is 6.93. The van der Waals surface area contributed by atoms with Gasteiger partial charge in [-0.2, -0.15) is 0 Å². The molecule has 0 aliphatic heterocycles. The molecule has 0 amide bonds. The third-order valence-electron chi connectivity index (χ3n) is 3.47. The Balaban J connectivity index is 2.62. The minimum absolute atomic E-state index is 0.381. The van der Waals surface area contributed by atoms with E-state index in [2.05, 4.69) is 0 Å². The van der Waals surface area contributed by atoms with Crippen molar-refractivity contribution in [2.75, 3.05) is 13.2 Å². The van der Waals surface area contributed by atoms with Gasteiger partial charge in [-0.05, 0) is 18.1 Å². The maximum absolute atomic E-state index is 12.1. The zero-order valence-electron chi connectivity index (χ0n) is 13.0. The molecule has 1 aromatic rings. The van der Waals surface area contributed by atoms with Gasteiger partial charge in [0.15, 0.2) is 0 Å². The fourth-order valence-corrected chi connectivity index (χ4v) is 2.11. The highest BCUT2D eigenvalue weighted by atomic mass is 16.5. The van der Waals surface area contributed by atoms with Crippen LogP contribution in [0.1, 0.15) is 29.3 Å². The monoisotopic (exact) mass is 328 g/mol. The van der Waals surface area contributed by atoms with Crippen LogP contribution in [0.3, 0.4) is 0 Å². The molecule has 0 fully saturated rings. The Kier molecular flexibility index (Phi) is 8.15. The smallest absolute Gasteiger partial charge is 0.338 e. The predicted molar refractivity (Wildman–Crippen MR) is 81.8 cm³/mol. The van der Waals surface area contributed by atoms with Gasteiger partial charge in [0.2, 0.25) is 0 Å². The first-order valence-corrected chi connectivity index (χ1v) is 7.50. The first-order valence-electron chi connectivity index (χ1n) is 7.50. The highest BCUT2D eigenvalue weighted by molar-refractivity contribution is 5.91. The van der Waals surface area contributed by atoms with Crippen LogP contribution >= 0.6 is 0 Å². The fourth-order valence-electron chi connectivity index (χ4n) is 2.11. The zero-order chi connectivity index (χ0) is 17.4. The van der Waals surface area contributed by atoms with Gasteiger partial charge in [-0.3, -0.25) is 0 Å². The van der Waals surface area contributed by atoms with Gasteiger partial charge in [0.05, 0.1) is 12.2 Å². The predicted octanol–water partition coefficient (Wildman–Crippen LogP) is -0.768. The highest BCUT2D eigenvalue weighted by Crippen LogP contribution is 2.13. The van der Waals surface area contributed by atoms with E-state index in [9.17, 15) is 25.2 Å². The normalized spacial score (nSPS) is 16.4. The third kappa shape index (κ3) is 5.56. The number of benzene rings is 1. The van der Waals surface area contributed by atoms with Crippen molar-refractivity contribution < 1.29 is 35.1 Å². The Morgan fingerprint density at radius 1 is 1.09 bits per heavy atom. The molecule has 0 aromatic heterocycles. The van der Waals surface area contributed by atoms with Crippen molar-refractivity contribution in [3.8, 4) is 0 Å². The lowest BCUT2D eigenvalue weighted by Gasteiger charge is -2.25. The summed E-state index contributed by atoms with van der Waals surface area (Å²) < 4.78 is 4.96. The number of esters is 1. The van der Waals surface area contributed by atoms with Crippen LogP contribution in [0.2, 0.25) is 0 Å². The number of hydrogen-bond donors (Lipinski definition) is 5. The second-order valence-corrected chi connectivity index (χ2v) is 5.30. The number of ether oxygens (including phenoxy) is 1. The average molecular weight is 328 g/mol. The van der Waals surface area contributed by atoms with E-state index in [1.807, 2.05) is 19.1 Å². The number of aliphatic hydroxyl groups excluding tert-OH is 5. The zero-order valence-corrected chi connectivity index (χ0v) is 13.0. The Morgan fingerprint density at radius 3 is 2.30 bits per heavy atom. The van der Waals surface area contributed by atoms with Crippen molar-refractivity contribution in [2.24, 2.45) is 0 Å². The number of aliphatic hydroxyl groups is 5. The van der Waals surface area contributed by atoms with E-state index in [4.69, 9.17) is 9.84 Å². The molecule has 5 N–H and O–H groups in total. The molecule has 0 saturated carbocycles. The standard InChI is InChI=1S/C16H24O7/c1-2-5-10-6-3-4-7-11(10)16(22)23-9-13(19)15(21)14(20)12(18)8-17/h3-4,6-7,12-15,17-21H,2,5,8-9H2,1H3/t12-,13+,14+,15+/m0/s1. The Bertz CT molecular complexity index is 491. The summed E-state index contributed by atoms with van der Waals surface area (Å²) in [6.07, 6.45) is -5.12. The van der Waals surface area contributed by atoms with E-state index in [0.717, 1.165) is 12.0 Å². The Morgan fingerprint density at radius 2 is 1.70 bits per heavy atom. The van der Waals surface area contributed by atoms with Crippen LogP contribution in [0.5, 0.6) is 0 Å². The van der Waals surface area contributed by atoms with E-state index in [1.165, 1.54) is 0 Å². The summed E-state index contributed by atoms with van der Waals surface area (Å²) in [5, 5.41) is 46.8. The lowest BCUT2D eigenvalue weighted by atomic mass is 10.0. The molecule has 4 atom stereocenters. The van der Waals surface area contributed by atoms with Crippen LogP contribution in [0, 0.1) is 0 Å². The van der Waals surface area contributed by atoms with Crippen LogP contribution in [0.25, 0.3) is 0 Å². The first kappa shape index (κ1) is 19.5. The van der Waals surface area contributed by atoms with Gasteiger partial charge < -0.3 is 30.3 Å². The molecule has 0 saturated heterocycles. The minimum atomic E-state index is -1.75. The second-order valence-electron chi connectivity index (χ2n) is 5.30. The van der Waals surface area contributed by atoms with Gasteiger partial charge in [0.25, 0.3) is 0 Å². The van der Waals surface area contributed by atoms with Gasteiger partial charge in [-0.25, -0.2) is 4.79 Å². The van der Waals surface area contributed by atoms with Crippen molar-refractivity contribution >= 4 is 5.97 Å². The van der Waals surface area contributed by atoms with Crippen LogP contribution in [0.15, 0.2) is 24.3 Å². The largest absolute Gasteiger partial charge is 0.459 e. The van der Waals surface area contributed by atoms with Gasteiger partial charge in [-0.15, -0.1) is 0 Å². The highest BCUT2D eigenvalue weighted by Gasteiger charge is 2.30. The van der Waals surface area contributed by atoms with E-state index < -0.39 is 43.6 Å². The molecule has 0 unspecified atom stereocenters. The Labute approximate surface area is 134 Å². The summed E-state index contributed by atoms with van der Waals surface area (Å²) in [6.45, 7) is 0.668. The molecule has 0 heterocycles. The summed E-state index contributed by atoms with van der Waals surface area (Å²) in [5.74, 6) is -0.641. The van der Waals surface area contributed by atoms with Crippen LogP contribution in [-0.4, -0.2) is 69.1 Å². The van der Waals surface area contributed by atoms with Crippen LogP contribution < -0.4 is 0 Å². The fraction of sp³-hybridized carbons (Fsp3) is 0.562. The van der Waals surface area contributed by atoms with Gasteiger partial charge in [0.1, 0.15) is 31.0 Å². The molecule has 0 bridgehead atoms. The lowest BCUT2D eigenvalue weighted by molar-refractivity contribution is -0.124. The van der Waals surface area contributed by atoms with Crippen molar-refractivity contribution in [3.05, 3.63) is 35.4 Å². The van der Waals surface area contributed by atoms with Gasteiger partial charge in [0, 0.05) is 0 Å². The maximum atomic E-state index is 12.1. The van der Waals surface area contributed by atoms with Crippen molar-refractivity contribution in [1.82, 2.24) is 0 Å². The Hall–Kier alpha value is -1.51. The maximum Gasteiger partial charge on any atom is 0.338 e. The second kappa shape index (κ2) is 9.59. The lowest BCUT2D eigenvalue weighted by Crippen LogP contribution is -2.47. The molecule has 1 aromatic carbocycles. The molecule has 0 spiro atoms. The molecular formula is C16H24O7. The first-order chi connectivity index (χ1) is 10.9. The third-order valence-corrected chi connectivity index (χ3v) is 3.47. The van der Waals surface area contributed by atoms with Crippen molar-refractivity contribution in [3.63, 3.8) is 0 Å². The molecule has 7 nitrogen and oxygen atoms in total. The minimum Gasteiger partial charge on any atom is -0.459 e. The number of aryl methyl sites for hydroxylation is 1. The summed E-state index contributed by atoms with van der Waals surface area (Å²) in [5.41, 5.74) is 1.21. The van der Waals surface area contributed by atoms with Gasteiger partial charge >= 0.3 is 5.97 Å². The van der Waals surface area contributed by atoms with Gasteiger partial charge in [-0.1, -0.05) is 31.5 Å². The topological polar surface area (TPSA) is 127 Å². The molecule has 7 heteroatoms. The molecule has 0 aliphatic rings. The number of carbonyl (C=O) groups excluding carboxylic acids is 1. The molecule has 0 aliphatic carbocycles. The number of rotatable bonds is 9. The average Bonchev–Trinajstić information content (AvgIpc) is 2.58. The molecular weight excluding hydrogens is 304 g/mol. The van der Waals surface area contributed by atoms with Crippen molar-refractivity contribution in [2.45, 2.75) is 44.2 Å². The summed E-state index contributed by atoms with van der Waals surface area (Å²) in [7, 11) is 0. The number of carbonyl (C=O) groups is 1. The molecule has 130 valence electrons. The summed E-state index contributed by atoms with van der Waals surface area (Å²) >= 11 is 0. The van der Waals surface area contributed by atoms with E-state index in [0.29, 0.717) is 12.0 Å². The number of hydrogen-bond acceptors (Lipinski definition) is 7. The van der Waals surface area contributed by atoms with E-state index in [-0.39, 0.29) is 0 Å². The van der Waals surface area contributed by atoms with E-state index >= 15 is 0 Å². The molecule has 0 radical (unpaired) electrons. The molecule has 23 heavy (non-hydrogen) atoms.